The second-order valence-electron chi connectivity index (χ2n) is 6.25. The highest BCUT2D eigenvalue weighted by atomic mass is 35.5. The van der Waals surface area contributed by atoms with Crippen molar-refractivity contribution in [1.82, 2.24) is 15.6 Å². The van der Waals surface area contributed by atoms with Crippen molar-refractivity contribution in [1.29, 1.82) is 0 Å². The minimum atomic E-state index is -0.576. The zero-order chi connectivity index (χ0) is 19.4. The molecule has 0 saturated carbocycles. The van der Waals surface area contributed by atoms with Crippen LogP contribution in [-0.2, 0) is 9.59 Å². The summed E-state index contributed by atoms with van der Waals surface area (Å²) in [7, 11) is 1.55. The highest BCUT2D eigenvalue weighted by molar-refractivity contribution is 6.30. The van der Waals surface area contributed by atoms with Gasteiger partial charge >= 0.3 is 0 Å². The van der Waals surface area contributed by atoms with Gasteiger partial charge in [0.05, 0.1) is 24.6 Å². The van der Waals surface area contributed by atoms with E-state index in [4.69, 9.17) is 16.0 Å². The number of nitrogens with zero attached hydrogens (tertiary/aromatic N) is 2. The molecule has 142 valence electrons. The van der Waals surface area contributed by atoms with Gasteiger partial charge in [-0.2, -0.15) is 5.10 Å². The number of benzene rings is 1. The maximum atomic E-state index is 12.9. The van der Waals surface area contributed by atoms with E-state index in [-0.39, 0.29) is 24.4 Å². The molecule has 0 radical (unpaired) electrons. The molecular weight excluding hydrogens is 368 g/mol. The standard InChI is InChI=1S/C19H21ClN4O3/c1-12(22-11-18(25)21-2)19(26)24-16(17-4-3-9-27-17)10-15(23-24)13-5-7-14(20)8-6-13/h3-9,12,16,22H,10-11H2,1-2H3,(H,21,25)/t12-,16-/m0/s1. The van der Waals surface area contributed by atoms with E-state index >= 15 is 0 Å². The smallest absolute Gasteiger partial charge is 0.260 e. The molecule has 0 fully saturated rings. The third-order valence-corrected chi connectivity index (χ3v) is 4.66. The molecule has 2 N–H and O–H groups in total. The quantitative estimate of drug-likeness (QED) is 0.795. The number of halogens is 1. The zero-order valence-electron chi connectivity index (χ0n) is 15.1. The van der Waals surface area contributed by atoms with E-state index in [1.165, 1.54) is 5.01 Å². The van der Waals surface area contributed by atoms with Crippen LogP contribution >= 0.6 is 11.6 Å². The Morgan fingerprint density at radius 3 is 2.70 bits per heavy atom. The van der Waals surface area contributed by atoms with Gasteiger partial charge in [-0.25, -0.2) is 5.01 Å². The Bertz CT molecular complexity index is 833. The number of likely N-dealkylation sites (N-methyl/N-ethyl adjacent to an activating group) is 1. The fourth-order valence-electron chi connectivity index (χ4n) is 2.85. The number of carbonyl (C=O) groups excluding carboxylic acids is 2. The topological polar surface area (TPSA) is 86.9 Å². The molecule has 0 spiro atoms. The number of hydrazone groups is 1. The van der Waals surface area contributed by atoms with Gasteiger partial charge in [0.25, 0.3) is 5.91 Å². The molecule has 1 aromatic heterocycles. The second kappa shape index (κ2) is 8.37. The fourth-order valence-corrected chi connectivity index (χ4v) is 2.98. The highest BCUT2D eigenvalue weighted by Gasteiger charge is 2.36. The third-order valence-electron chi connectivity index (χ3n) is 4.40. The van der Waals surface area contributed by atoms with Crippen LogP contribution in [0.1, 0.15) is 30.7 Å². The van der Waals surface area contributed by atoms with Crippen molar-refractivity contribution in [3.05, 3.63) is 59.0 Å². The lowest BCUT2D eigenvalue weighted by molar-refractivity contribution is -0.135. The molecule has 1 aliphatic rings. The molecule has 0 saturated heterocycles. The number of furan rings is 1. The van der Waals surface area contributed by atoms with Gasteiger partial charge in [0.15, 0.2) is 0 Å². The number of hydrogen-bond acceptors (Lipinski definition) is 5. The number of rotatable bonds is 6. The van der Waals surface area contributed by atoms with Crippen LogP contribution < -0.4 is 10.6 Å². The summed E-state index contributed by atoms with van der Waals surface area (Å²) in [6.45, 7) is 1.76. The molecular formula is C19H21ClN4O3. The van der Waals surface area contributed by atoms with Gasteiger partial charge in [0, 0.05) is 18.5 Å². The lowest BCUT2D eigenvalue weighted by atomic mass is 10.0. The normalized spacial score (nSPS) is 17.5. The summed E-state index contributed by atoms with van der Waals surface area (Å²) in [5.74, 6) is 0.239. The van der Waals surface area contributed by atoms with Gasteiger partial charge in [-0.1, -0.05) is 23.7 Å². The Morgan fingerprint density at radius 2 is 2.07 bits per heavy atom. The van der Waals surface area contributed by atoms with Crippen LogP contribution in [0.3, 0.4) is 0 Å². The van der Waals surface area contributed by atoms with Gasteiger partial charge in [-0.05, 0) is 36.8 Å². The fraction of sp³-hybridized carbons (Fsp3) is 0.316. The molecule has 2 aromatic rings. The number of hydrogen-bond donors (Lipinski definition) is 2. The summed E-state index contributed by atoms with van der Waals surface area (Å²) >= 11 is 5.96. The average molecular weight is 389 g/mol. The Labute approximate surface area is 162 Å². The molecule has 0 bridgehead atoms. The first-order valence-corrected chi connectivity index (χ1v) is 9.01. The molecule has 0 unspecified atom stereocenters. The second-order valence-corrected chi connectivity index (χ2v) is 6.68. The lowest BCUT2D eigenvalue weighted by Gasteiger charge is -2.23. The van der Waals surface area contributed by atoms with Gasteiger partial charge in [0.1, 0.15) is 11.8 Å². The molecule has 2 heterocycles. The maximum absolute atomic E-state index is 12.9. The molecule has 0 aliphatic carbocycles. The van der Waals surface area contributed by atoms with E-state index < -0.39 is 6.04 Å². The first-order valence-electron chi connectivity index (χ1n) is 8.63. The van der Waals surface area contributed by atoms with Crippen LogP contribution in [0.25, 0.3) is 0 Å². The molecule has 1 aromatic carbocycles. The Kier molecular flexibility index (Phi) is 5.93. The molecule has 27 heavy (non-hydrogen) atoms. The lowest BCUT2D eigenvalue weighted by Crippen LogP contribution is -2.45. The van der Waals surface area contributed by atoms with E-state index in [0.717, 1.165) is 11.3 Å². The summed E-state index contributed by atoms with van der Waals surface area (Å²) in [5.41, 5.74) is 1.68. The molecule has 2 atom stereocenters. The van der Waals surface area contributed by atoms with Crippen LogP contribution in [0, 0.1) is 0 Å². The van der Waals surface area contributed by atoms with Crippen molar-refractivity contribution >= 4 is 29.1 Å². The maximum Gasteiger partial charge on any atom is 0.260 e. The molecule has 1 aliphatic heterocycles. The number of amides is 2. The Balaban J connectivity index is 1.82. The predicted molar refractivity (Wildman–Crippen MR) is 102 cm³/mol. The SMILES string of the molecule is CNC(=O)CN[C@@H](C)C(=O)N1N=C(c2ccc(Cl)cc2)C[C@H]1c1ccco1. The average Bonchev–Trinajstić information content (AvgIpc) is 3.35. The zero-order valence-corrected chi connectivity index (χ0v) is 15.9. The van der Waals surface area contributed by atoms with Crippen molar-refractivity contribution in [3.8, 4) is 0 Å². The summed E-state index contributed by atoms with van der Waals surface area (Å²) in [4.78, 5) is 24.4. The molecule has 2 amide bonds. The van der Waals surface area contributed by atoms with Crippen LogP contribution in [-0.4, -0.2) is 42.2 Å². The van der Waals surface area contributed by atoms with Crippen molar-refractivity contribution in [3.63, 3.8) is 0 Å². The Morgan fingerprint density at radius 1 is 1.33 bits per heavy atom. The van der Waals surface area contributed by atoms with Crippen LogP contribution in [0.2, 0.25) is 5.02 Å². The predicted octanol–water partition coefficient (Wildman–Crippen LogP) is 2.33. The van der Waals surface area contributed by atoms with Crippen molar-refractivity contribution in [2.45, 2.75) is 25.4 Å². The van der Waals surface area contributed by atoms with E-state index in [1.54, 1.807) is 38.4 Å². The first kappa shape index (κ1) is 19.1. The summed E-state index contributed by atoms with van der Waals surface area (Å²) < 4.78 is 5.52. The summed E-state index contributed by atoms with van der Waals surface area (Å²) in [6, 6.07) is 10.0. The molecule has 7 nitrogen and oxygen atoms in total. The van der Waals surface area contributed by atoms with Crippen molar-refractivity contribution in [2.75, 3.05) is 13.6 Å². The number of nitrogens with one attached hydrogen (secondary N) is 2. The van der Waals surface area contributed by atoms with E-state index in [2.05, 4.69) is 15.7 Å². The number of carbonyl (C=O) groups is 2. The van der Waals surface area contributed by atoms with Crippen LogP contribution in [0.15, 0.2) is 52.2 Å². The van der Waals surface area contributed by atoms with Crippen molar-refractivity contribution in [2.24, 2.45) is 5.10 Å². The summed E-state index contributed by atoms with van der Waals surface area (Å²) in [5, 5.41) is 12.1. The van der Waals surface area contributed by atoms with Crippen LogP contribution in [0.4, 0.5) is 0 Å². The van der Waals surface area contributed by atoms with E-state index in [0.29, 0.717) is 17.2 Å². The van der Waals surface area contributed by atoms with Gasteiger partial charge < -0.3 is 9.73 Å². The largest absolute Gasteiger partial charge is 0.467 e. The first-order chi connectivity index (χ1) is 13.0. The van der Waals surface area contributed by atoms with Gasteiger partial charge in [0.2, 0.25) is 5.91 Å². The molecule has 3 rings (SSSR count). The molecule has 8 heteroatoms. The van der Waals surface area contributed by atoms with Crippen LogP contribution in [0.5, 0.6) is 0 Å². The monoisotopic (exact) mass is 388 g/mol. The van der Waals surface area contributed by atoms with E-state index in [9.17, 15) is 9.59 Å². The van der Waals surface area contributed by atoms with Crippen molar-refractivity contribution < 1.29 is 14.0 Å². The van der Waals surface area contributed by atoms with Gasteiger partial charge in [-0.15, -0.1) is 0 Å². The minimum absolute atomic E-state index is 0.0520. The highest BCUT2D eigenvalue weighted by Crippen LogP contribution is 2.33. The third kappa shape index (κ3) is 4.37. The van der Waals surface area contributed by atoms with E-state index in [1.807, 2.05) is 18.2 Å². The minimum Gasteiger partial charge on any atom is -0.467 e. The van der Waals surface area contributed by atoms with Gasteiger partial charge in [-0.3, -0.25) is 14.9 Å². The summed E-state index contributed by atoms with van der Waals surface area (Å²) in [6.07, 6.45) is 2.11. The Hall–Kier alpha value is -2.64.